The molecule has 2 amide bonds. The molecule has 0 aliphatic rings. The zero-order valence-corrected chi connectivity index (χ0v) is 9.94. The maximum atomic E-state index is 12.9. The quantitative estimate of drug-likeness (QED) is 0.753. The molecule has 0 aliphatic heterocycles. The summed E-state index contributed by atoms with van der Waals surface area (Å²) in [5.74, 6) is -1.57. The van der Waals surface area contributed by atoms with Gasteiger partial charge >= 0.3 is 12.0 Å². The molecule has 1 atom stereocenters. The number of hydrogen-bond donors (Lipinski definition) is 3. The Labute approximate surface area is 104 Å². The van der Waals surface area contributed by atoms with Gasteiger partial charge in [0.1, 0.15) is 11.9 Å². The van der Waals surface area contributed by atoms with E-state index in [0.717, 1.165) is 6.07 Å². The van der Waals surface area contributed by atoms with E-state index in [4.69, 9.17) is 5.11 Å². The Hall–Kier alpha value is -2.11. The Morgan fingerprint density at radius 3 is 2.72 bits per heavy atom. The van der Waals surface area contributed by atoms with Gasteiger partial charge in [-0.3, -0.25) is 0 Å². The molecule has 1 rings (SSSR count). The van der Waals surface area contributed by atoms with Crippen molar-refractivity contribution < 1.29 is 19.1 Å². The number of rotatable bonds is 5. The minimum absolute atomic E-state index is 0.271. The van der Waals surface area contributed by atoms with Crippen LogP contribution < -0.4 is 10.6 Å². The van der Waals surface area contributed by atoms with Crippen LogP contribution in [0.25, 0.3) is 0 Å². The van der Waals surface area contributed by atoms with E-state index in [2.05, 4.69) is 10.6 Å². The van der Waals surface area contributed by atoms with Gasteiger partial charge < -0.3 is 15.7 Å². The molecule has 6 heteroatoms. The van der Waals surface area contributed by atoms with Crippen molar-refractivity contribution in [1.29, 1.82) is 0 Å². The Kier molecular flexibility index (Phi) is 5.10. The molecule has 0 saturated heterocycles. The fraction of sp³-hybridized carbons (Fsp3) is 0.333. The highest BCUT2D eigenvalue weighted by molar-refractivity contribution is 5.92. The maximum Gasteiger partial charge on any atom is 0.326 e. The van der Waals surface area contributed by atoms with Crippen LogP contribution >= 0.6 is 0 Å². The summed E-state index contributed by atoms with van der Waals surface area (Å²) >= 11 is 0. The number of nitrogens with one attached hydrogen (secondary N) is 2. The molecular formula is C12H15FN2O3. The van der Waals surface area contributed by atoms with E-state index < -0.39 is 23.9 Å². The Morgan fingerprint density at radius 1 is 1.44 bits per heavy atom. The number of carboxylic acid groups (broad SMARTS) is 1. The Bertz CT molecular complexity index is 437. The predicted molar refractivity (Wildman–Crippen MR) is 64.9 cm³/mol. The summed E-state index contributed by atoms with van der Waals surface area (Å²) < 4.78 is 12.9. The zero-order valence-electron chi connectivity index (χ0n) is 9.94. The third kappa shape index (κ3) is 4.40. The first-order chi connectivity index (χ1) is 8.52. The molecule has 3 N–H and O–H groups in total. The van der Waals surface area contributed by atoms with Gasteiger partial charge in [0.05, 0.1) is 0 Å². The molecule has 18 heavy (non-hydrogen) atoms. The summed E-state index contributed by atoms with van der Waals surface area (Å²) in [4.78, 5) is 22.3. The van der Waals surface area contributed by atoms with Crippen molar-refractivity contribution in [2.45, 2.75) is 25.8 Å². The van der Waals surface area contributed by atoms with Gasteiger partial charge in [-0.15, -0.1) is 0 Å². The molecule has 0 aliphatic carbocycles. The van der Waals surface area contributed by atoms with Gasteiger partial charge in [0.25, 0.3) is 0 Å². The molecule has 0 heterocycles. The van der Waals surface area contributed by atoms with Crippen LogP contribution in [0.3, 0.4) is 0 Å². The number of benzene rings is 1. The van der Waals surface area contributed by atoms with Gasteiger partial charge in [0.2, 0.25) is 0 Å². The van der Waals surface area contributed by atoms with Crippen molar-refractivity contribution in [1.82, 2.24) is 5.32 Å². The van der Waals surface area contributed by atoms with Gasteiger partial charge in [-0.25, -0.2) is 14.0 Å². The first-order valence-electron chi connectivity index (χ1n) is 5.58. The summed E-state index contributed by atoms with van der Waals surface area (Å²) in [6.45, 7) is 1.82. The third-order valence-electron chi connectivity index (χ3n) is 2.26. The molecule has 0 spiro atoms. The first-order valence-corrected chi connectivity index (χ1v) is 5.58. The van der Waals surface area contributed by atoms with Gasteiger partial charge in [-0.05, 0) is 24.6 Å². The molecule has 0 fully saturated rings. The van der Waals surface area contributed by atoms with Gasteiger partial charge in [0.15, 0.2) is 0 Å². The number of carbonyl (C=O) groups is 2. The molecule has 0 radical (unpaired) electrons. The normalized spacial score (nSPS) is 11.7. The van der Waals surface area contributed by atoms with Crippen LogP contribution in [0.15, 0.2) is 24.3 Å². The molecule has 1 aromatic rings. The second-order valence-electron chi connectivity index (χ2n) is 3.79. The summed E-state index contributed by atoms with van der Waals surface area (Å²) in [5, 5.41) is 13.5. The summed E-state index contributed by atoms with van der Waals surface area (Å²) in [6, 6.07) is 3.75. The fourth-order valence-electron chi connectivity index (χ4n) is 1.44. The molecule has 5 nitrogen and oxygen atoms in total. The van der Waals surface area contributed by atoms with E-state index in [-0.39, 0.29) is 5.69 Å². The van der Waals surface area contributed by atoms with Crippen molar-refractivity contribution in [3.05, 3.63) is 30.1 Å². The van der Waals surface area contributed by atoms with Gasteiger partial charge in [-0.2, -0.15) is 0 Å². The molecular weight excluding hydrogens is 239 g/mol. The number of carbonyl (C=O) groups excluding carboxylic acids is 1. The van der Waals surface area contributed by atoms with E-state index >= 15 is 0 Å². The number of urea groups is 1. The van der Waals surface area contributed by atoms with Crippen LogP contribution in [0.1, 0.15) is 19.8 Å². The molecule has 0 unspecified atom stereocenters. The summed E-state index contributed by atoms with van der Waals surface area (Å²) in [5.41, 5.74) is 0.271. The van der Waals surface area contributed by atoms with Gasteiger partial charge in [-0.1, -0.05) is 19.4 Å². The van der Waals surface area contributed by atoms with Gasteiger partial charge in [0, 0.05) is 5.69 Å². The maximum absolute atomic E-state index is 12.9. The number of aliphatic carboxylic acids is 1. The summed E-state index contributed by atoms with van der Waals surface area (Å²) in [6.07, 6.45) is 0.975. The highest BCUT2D eigenvalue weighted by Crippen LogP contribution is 2.09. The minimum atomic E-state index is -1.09. The number of hydrogen-bond acceptors (Lipinski definition) is 2. The van der Waals surface area contributed by atoms with Crippen molar-refractivity contribution in [2.75, 3.05) is 5.32 Å². The van der Waals surface area contributed by atoms with Crippen LogP contribution in [0.5, 0.6) is 0 Å². The lowest BCUT2D eigenvalue weighted by Gasteiger charge is -2.14. The third-order valence-corrected chi connectivity index (χ3v) is 2.26. The monoisotopic (exact) mass is 254 g/mol. The lowest BCUT2D eigenvalue weighted by Crippen LogP contribution is -2.42. The molecule has 0 saturated carbocycles. The van der Waals surface area contributed by atoms with E-state index in [0.29, 0.717) is 12.8 Å². The average Bonchev–Trinajstić information content (AvgIpc) is 2.28. The fourth-order valence-corrected chi connectivity index (χ4v) is 1.44. The first kappa shape index (κ1) is 14.0. The molecule has 1 aromatic carbocycles. The van der Waals surface area contributed by atoms with Crippen LogP contribution in [-0.4, -0.2) is 23.1 Å². The minimum Gasteiger partial charge on any atom is -0.480 e. The molecule has 0 bridgehead atoms. The lowest BCUT2D eigenvalue weighted by atomic mass is 10.2. The SMILES string of the molecule is CCC[C@@H](NC(=O)Nc1cccc(F)c1)C(=O)O. The zero-order chi connectivity index (χ0) is 13.5. The van der Waals surface area contributed by atoms with E-state index in [1.807, 2.05) is 6.92 Å². The number of halogens is 1. The highest BCUT2D eigenvalue weighted by atomic mass is 19.1. The smallest absolute Gasteiger partial charge is 0.326 e. The number of anilines is 1. The van der Waals surface area contributed by atoms with E-state index in [1.54, 1.807) is 0 Å². The molecule has 98 valence electrons. The Balaban J connectivity index is 2.57. The van der Waals surface area contributed by atoms with E-state index in [9.17, 15) is 14.0 Å². The van der Waals surface area contributed by atoms with Crippen molar-refractivity contribution in [3.63, 3.8) is 0 Å². The summed E-state index contributed by atoms with van der Waals surface area (Å²) in [7, 11) is 0. The van der Waals surface area contributed by atoms with Crippen LogP contribution in [-0.2, 0) is 4.79 Å². The number of amides is 2. The second kappa shape index (κ2) is 6.58. The van der Waals surface area contributed by atoms with Crippen LogP contribution in [0, 0.1) is 5.82 Å². The standard InChI is InChI=1S/C12H15FN2O3/c1-2-4-10(11(16)17)15-12(18)14-9-6-3-5-8(13)7-9/h3,5-7,10H,2,4H2,1H3,(H,16,17)(H2,14,15,18)/t10-/m1/s1. The second-order valence-corrected chi connectivity index (χ2v) is 3.79. The average molecular weight is 254 g/mol. The van der Waals surface area contributed by atoms with Crippen molar-refractivity contribution >= 4 is 17.7 Å². The number of carboxylic acids is 1. The van der Waals surface area contributed by atoms with Crippen LogP contribution in [0.4, 0.5) is 14.9 Å². The Morgan fingerprint density at radius 2 is 2.17 bits per heavy atom. The largest absolute Gasteiger partial charge is 0.480 e. The predicted octanol–water partition coefficient (Wildman–Crippen LogP) is 2.20. The lowest BCUT2D eigenvalue weighted by molar-refractivity contribution is -0.139. The highest BCUT2D eigenvalue weighted by Gasteiger charge is 2.18. The van der Waals surface area contributed by atoms with Crippen molar-refractivity contribution in [2.24, 2.45) is 0 Å². The molecule has 0 aromatic heterocycles. The van der Waals surface area contributed by atoms with E-state index in [1.165, 1.54) is 18.2 Å². The topological polar surface area (TPSA) is 78.4 Å². The van der Waals surface area contributed by atoms with Crippen LogP contribution in [0.2, 0.25) is 0 Å². The van der Waals surface area contributed by atoms with Crippen molar-refractivity contribution in [3.8, 4) is 0 Å².